The van der Waals surface area contributed by atoms with Crippen LogP contribution in [0.25, 0.3) is 10.2 Å². The van der Waals surface area contributed by atoms with Crippen molar-refractivity contribution in [1.82, 2.24) is 13.8 Å². The number of aromatic nitrogens is 1. The van der Waals surface area contributed by atoms with E-state index in [1.54, 1.807) is 31.2 Å². The monoisotopic (exact) mass is 461 g/mol. The summed E-state index contributed by atoms with van der Waals surface area (Å²) in [4.78, 5) is 26.2. The van der Waals surface area contributed by atoms with Crippen LogP contribution in [0.5, 0.6) is 5.75 Å². The number of aryl methyl sites for hydroxylation is 1. The molecule has 0 spiro atoms. The van der Waals surface area contributed by atoms with E-state index in [-0.39, 0.29) is 35.2 Å². The normalized spacial score (nSPS) is 15.4. The lowest BCUT2D eigenvalue weighted by Gasteiger charge is -2.34. The second-order valence-electron chi connectivity index (χ2n) is 7.37. The Kier molecular flexibility index (Phi) is 5.87. The molecule has 1 fully saturated rings. The highest BCUT2D eigenvalue weighted by molar-refractivity contribution is 7.89. The zero-order valence-electron chi connectivity index (χ0n) is 17.3. The van der Waals surface area contributed by atoms with Crippen LogP contribution in [0.2, 0.25) is 0 Å². The van der Waals surface area contributed by atoms with Gasteiger partial charge in [-0.2, -0.15) is 4.31 Å². The predicted molar refractivity (Wildman–Crippen MR) is 119 cm³/mol. The van der Waals surface area contributed by atoms with Crippen LogP contribution in [0.3, 0.4) is 0 Å². The van der Waals surface area contributed by atoms with Gasteiger partial charge >= 0.3 is 4.87 Å². The topological polar surface area (TPSA) is 88.9 Å². The Morgan fingerprint density at radius 2 is 1.84 bits per heavy atom. The first kappa shape index (κ1) is 21.5. The highest BCUT2D eigenvalue weighted by Gasteiger charge is 2.30. The molecule has 0 aliphatic carbocycles. The zero-order valence-corrected chi connectivity index (χ0v) is 18.9. The van der Waals surface area contributed by atoms with Crippen molar-refractivity contribution in [3.8, 4) is 5.75 Å². The summed E-state index contributed by atoms with van der Waals surface area (Å²) in [6.07, 6.45) is 0.244. The molecule has 0 bridgehead atoms. The number of carbonyl (C=O) groups excluding carboxylic acids is 1. The lowest BCUT2D eigenvalue weighted by atomic mass is 10.1. The standard InChI is InChI=1S/C21H23N3O5S2/c1-22-18-7-6-17(14-19(18)30-21(22)26)31(27,28)24-10-8-23(9-11-24)20(25)13-15-4-3-5-16(12-15)29-2/h3-7,12,14H,8-11,13H2,1-2H3. The molecule has 10 heteroatoms. The fourth-order valence-corrected chi connectivity index (χ4v) is 6.11. The van der Waals surface area contributed by atoms with Crippen molar-refractivity contribution in [3.63, 3.8) is 0 Å². The maximum atomic E-state index is 13.1. The first-order valence-electron chi connectivity index (χ1n) is 9.80. The quantitative estimate of drug-likeness (QED) is 0.577. The Labute approximate surface area is 184 Å². The van der Waals surface area contributed by atoms with Crippen LogP contribution in [0, 0.1) is 0 Å². The van der Waals surface area contributed by atoms with Crippen LogP contribution in [0.15, 0.2) is 52.2 Å². The van der Waals surface area contributed by atoms with E-state index in [1.165, 1.54) is 14.9 Å². The summed E-state index contributed by atoms with van der Waals surface area (Å²) in [6, 6.07) is 12.1. The molecule has 1 aliphatic heterocycles. The molecule has 4 rings (SSSR count). The van der Waals surface area contributed by atoms with Crippen molar-refractivity contribution in [2.24, 2.45) is 7.05 Å². The highest BCUT2D eigenvalue weighted by atomic mass is 32.2. The summed E-state index contributed by atoms with van der Waals surface area (Å²) in [5, 5.41) is 0. The lowest BCUT2D eigenvalue weighted by molar-refractivity contribution is -0.131. The number of benzene rings is 2. The summed E-state index contributed by atoms with van der Waals surface area (Å²) in [6.45, 7) is 1.14. The molecule has 1 amide bonds. The number of carbonyl (C=O) groups is 1. The Hall–Kier alpha value is -2.69. The van der Waals surface area contributed by atoms with Crippen molar-refractivity contribution >= 4 is 37.5 Å². The third kappa shape index (κ3) is 4.23. The number of nitrogens with zero attached hydrogens (tertiary/aromatic N) is 3. The summed E-state index contributed by atoms with van der Waals surface area (Å²) in [5.74, 6) is 0.655. The van der Waals surface area contributed by atoms with E-state index in [0.29, 0.717) is 29.1 Å². The summed E-state index contributed by atoms with van der Waals surface area (Å²) < 4.78 is 34.9. The SMILES string of the molecule is COc1cccc(CC(=O)N2CCN(S(=O)(=O)c3ccc4c(c3)sc(=O)n4C)CC2)c1. The molecule has 3 aromatic rings. The first-order chi connectivity index (χ1) is 14.8. The number of sulfonamides is 1. The minimum absolute atomic E-state index is 0.0409. The van der Waals surface area contributed by atoms with Gasteiger partial charge < -0.3 is 14.2 Å². The van der Waals surface area contributed by atoms with Gasteiger partial charge in [0.1, 0.15) is 5.75 Å². The first-order valence-corrected chi connectivity index (χ1v) is 12.1. The van der Waals surface area contributed by atoms with Gasteiger partial charge in [0.25, 0.3) is 0 Å². The van der Waals surface area contributed by atoms with Gasteiger partial charge in [0.15, 0.2) is 0 Å². The molecule has 0 atom stereocenters. The molecule has 0 unspecified atom stereocenters. The van der Waals surface area contributed by atoms with Crippen molar-refractivity contribution in [3.05, 3.63) is 57.7 Å². The van der Waals surface area contributed by atoms with E-state index in [9.17, 15) is 18.0 Å². The molecule has 8 nitrogen and oxygen atoms in total. The number of rotatable bonds is 5. The number of fused-ring (bicyclic) bond motifs is 1. The second-order valence-corrected chi connectivity index (χ2v) is 10.3. The minimum atomic E-state index is -3.70. The van der Waals surface area contributed by atoms with E-state index in [1.807, 2.05) is 24.3 Å². The Morgan fingerprint density at radius 1 is 1.10 bits per heavy atom. The predicted octanol–water partition coefficient (Wildman–Crippen LogP) is 1.68. The second kappa shape index (κ2) is 8.45. The van der Waals surface area contributed by atoms with Gasteiger partial charge in [0.05, 0.1) is 28.6 Å². The molecule has 0 N–H and O–H groups in total. The third-order valence-electron chi connectivity index (χ3n) is 5.48. The van der Waals surface area contributed by atoms with Crippen LogP contribution in [-0.4, -0.2) is 61.4 Å². The number of amides is 1. The van der Waals surface area contributed by atoms with Gasteiger partial charge in [-0.15, -0.1) is 0 Å². The summed E-state index contributed by atoms with van der Waals surface area (Å²) in [5.41, 5.74) is 1.57. The van der Waals surface area contributed by atoms with E-state index in [2.05, 4.69) is 0 Å². The lowest BCUT2D eigenvalue weighted by Crippen LogP contribution is -2.50. The fraction of sp³-hybridized carbons (Fsp3) is 0.333. The highest BCUT2D eigenvalue weighted by Crippen LogP contribution is 2.24. The van der Waals surface area contributed by atoms with Gasteiger partial charge in [-0.3, -0.25) is 9.59 Å². The zero-order chi connectivity index (χ0) is 22.2. The van der Waals surface area contributed by atoms with Gasteiger partial charge in [-0.1, -0.05) is 23.5 Å². The molecule has 164 valence electrons. The number of hydrogen-bond acceptors (Lipinski definition) is 6. The minimum Gasteiger partial charge on any atom is -0.497 e. The molecule has 2 heterocycles. The smallest absolute Gasteiger partial charge is 0.307 e. The van der Waals surface area contributed by atoms with E-state index in [0.717, 1.165) is 16.9 Å². The summed E-state index contributed by atoms with van der Waals surface area (Å²) in [7, 11) is -0.456. The maximum absolute atomic E-state index is 13.1. The molecular formula is C21H23N3O5S2. The van der Waals surface area contributed by atoms with Gasteiger partial charge in [0.2, 0.25) is 15.9 Å². The number of thiazole rings is 1. The molecule has 0 saturated carbocycles. The summed E-state index contributed by atoms with van der Waals surface area (Å²) >= 11 is 1.03. The molecule has 2 aromatic carbocycles. The average molecular weight is 462 g/mol. The number of hydrogen-bond donors (Lipinski definition) is 0. The maximum Gasteiger partial charge on any atom is 0.307 e. The fourth-order valence-electron chi connectivity index (χ4n) is 3.67. The molecule has 1 aliphatic rings. The van der Waals surface area contributed by atoms with Crippen LogP contribution >= 0.6 is 11.3 Å². The molecule has 31 heavy (non-hydrogen) atoms. The van der Waals surface area contributed by atoms with Crippen LogP contribution in [0.4, 0.5) is 0 Å². The van der Waals surface area contributed by atoms with E-state index < -0.39 is 10.0 Å². The van der Waals surface area contributed by atoms with Crippen LogP contribution in [0.1, 0.15) is 5.56 Å². The third-order valence-corrected chi connectivity index (χ3v) is 8.37. The van der Waals surface area contributed by atoms with E-state index in [4.69, 9.17) is 4.74 Å². The van der Waals surface area contributed by atoms with Crippen molar-refractivity contribution in [2.75, 3.05) is 33.3 Å². The van der Waals surface area contributed by atoms with Crippen molar-refractivity contribution < 1.29 is 17.9 Å². The molecule has 1 aromatic heterocycles. The number of methoxy groups -OCH3 is 1. The Balaban J connectivity index is 1.44. The van der Waals surface area contributed by atoms with Gasteiger partial charge in [-0.25, -0.2) is 8.42 Å². The van der Waals surface area contributed by atoms with Gasteiger partial charge in [0, 0.05) is 33.2 Å². The Bertz CT molecular complexity index is 1290. The Morgan fingerprint density at radius 3 is 2.55 bits per heavy atom. The molecule has 0 radical (unpaired) electrons. The molecule has 1 saturated heterocycles. The van der Waals surface area contributed by atoms with Crippen molar-refractivity contribution in [2.45, 2.75) is 11.3 Å². The number of ether oxygens (including phenoxy) is 1. The van der Waals surface area contributed by atoms with Crippen LogP contribution in [-0.2, 0) is 28.3 Å². The van der Waals surface area contributed by atoms with E-state index >= 15 is 0 Å². The van der Waals surface area contributed by atoms with Crippen molar-refractivity contribution in [1.29, 1.82) is 0 Å². The van der Waals surface area contributed by atoms with Gasteiger partial charge in [-0.05, 0) is 35.9 Å². The van der Waals surface area contributed by atoms with Crippen LogP contribution < -0.4 is 9.61 Å². The largest absolute Gasteiger partial charge is 0.497 e. The molecular weight excluding hydrogens is 438 g/mol. The number of piperazine rings is 1. The average Bonchev–Trinajstić information content (AvgIpc) is 3.07.